The van der Waals surface area contributed by atoms with E-state index in [0.717, 1.165) is 23.4 Å². The molecular weight excluding hydrogens is 294 g/mol. The van der Waals surface area contributed by atoms with Crippen molar-refractivity contribution in [2.45, 2.75) is 39.0 Å². The second kappa shape index (κ2) is 4.79. The zero-order chi connectivity index (χ0) is 13.5. The molecule has 4 nitrogen and oxygen atoms in total. The fourth-order valence-electron chi connectivity index (χ4n) is 2.84. The van der Waals surface area contributed by atoms with Crippen LogP contribution in [0, 0.1) is 5.92 Å². The largest absolute Gasteiger partial charge is 0.374 e. The number of nitrogens with zero attached hydrogens (tertiary/aromatic N) is 2. The van der Waals surface area contributed by atoms with Crippen LogP contribution < -0.4 is 10.6 Å². The number of anilines is 1. The summed E-state index contributed by atoms with van der Waals surface area (Å²) in [6, 6.07) is 3.64. The van der Waals surface area contributed by atoms with Crippen LogP contribution in [-0.4, -0.2) is 22.2 Å². The lowest BCUT2D eigenvalue weighted by Crippen LogP contribution is -2.39. The summed E-state index contributed by atoms with van der Waals surface area (Å²) < 4.78 is 0.761. The molecule has 0 aliphatic carbocycles. The fourth-order valence-corrected chi connectivity index (χ4v) is 3.14. The minimum absolute atomic E-state index is 0.0385. The van der Waals surface area contributed by atoms with E-state index in [0.29, 0.717) is 11.5 Å². The average molecular weight is 314 g/mol. The molecule has 1 aliphatic heterocycles. The van der Waals surface area contributed by atoms with Gasteiger partial charge in [0.2, 0.25) is 0 Å². The molecule has 1 saturated heterocycles. The molecule has 0 amide bonds. The Morgan fingerprint density at radius 1 is 1.56 bits per heavy atom. The Bertz CT molecular complexity index is 448. The first-order valence-electron chi connectivity index (χ1n) is 6.19. The standard InChI is InChI=1S/C13H20BrN3O/c1-8-6-13(2,3)17(7-8)12-9(11(15)18)4-5-10(14)16-12/h4-5,8,11,18H,6-7,15H2,1-3H3/t8-,11?/m0/s1. The number of aromatic nitrogens is 1. The summed E-state index contributed by atoms with van der Waals surface area (Å²) in [4.78, 5) is 6.75. The SMILES string of the molecule is C[C@@H]1CN(c2nc(Br)ccc2C(N)O)C(C)(C)C1. The summed E-state index contributed by atoms with van der Waals surface area (Å²) in [5.74, 6) is 1.40. The lowest BCUT2D eigenvalue weighted by molar-refractivity contribution is 0.186. The number of rotatable bonds is 2. The molecule has 1 aromatic heterocycles. The van der Waals surface area contributed by atoms with Gasteiger partial charge in [0.05, 0.1) is 0 Å². The monoisotopic (exact) mass is 313 g/mol. The number of aliphatic hydroxyl groups excluding tert-OH is 1. The quantitative estimate of drug-likeness (QED) is 0.650. The van der Waals surface area contributed by atoms with Gasteiger partial charge in [0.25, 0.3) is 0 Å². The maximum Gasteiger partial charge on any atom is 0.137 e. The number of pyridine rings is 1. The summed E-state index contributed by atoms with van der Waals surface area (Å²) in [6.45, 7) is 7.58. The van der Waals surface area contributed by atoms with Crippen LogP contribution in [0.1, 0.15) is 39.0 Å². The Labute approximate surface area is 116 Å². The highest BCUT2D eigenvalue weighted by Crippen LogP contribution is 2.38. The van der Waals surface area contributed by atoms with Crippen molar-refractivity contribution in [1.29, 1.82) is 0 Å². The highest BCUT2D eigenvalue weighted by atomic mass is 79.9. The number of aliphatic hydroxyl groups is 1. The molecule has 0 bridgehead atoms. The first-order chi connectivity index (χ1) is 8.31. The van der Waals surface area contributed by atoms with E-state index in [-0.39, 0.29) is 5.54 Å². The third kappa shape index (κ3) is 2.53. The smallest absolute Gasteiger partial charge is 0.137 e. The first-order valence-corrected chi connectivity index (χ1v) is 6.98. The minimum atomic E-state index is -0.993. The lowest BCUT2D eigenvalue weighted by Gasteiger charge is -2.34. The molecule has 2 heterocycles. The van der Waals surface area contributed by atoms with Crippen molar-refractivity contribution < 1.29 is 5.11 Å². The Balaban J connectivity index is 2.47. The molecule has 1 aromatic rings. The molecule has 0 aromatic carbocycles. The second-order valence-corrected chi connectivity index (χ2v) is 6.54. The maximum absolute atomic E-state index is 9.69. The second-order valence-electron chi connectivity index (χ2n) is 5.72. The van der Waals surface area contributed by atoms with Gasteiger partial charge in [0, 0.05) is 17.6 Å². The van der Waals surface area contributed by atoms with Crippen LogP contribution in [0.4, 0.5) is 5.82 Å². The van der Waals surface area contributed by atoms with E-state index in [9.17, 15) is 5.11 Å². The Kier molecular flexibility index (Phi) is 3.67. The number of halogens is 1. The third-order valence-corrected chi connectivity index (χ3v) is 3.96. The van der Waals surface area contributed by atoms with Gasteiger partial charge in [-0.1, -0.05) is 6.92 Å². The van der Waals surface area contributed by atoms with Crippen molar-refractivity contribution in [2.75, 3.05) is 11.4 Å². The first kappa shape index (κ1) is 13.8. The molecule has 100 valence electrons. The summed E-state index contributed by atoms with van der Waals surface area (Å²) >= 11 is 3.38. The van der Waals surface area contributed by atoms with Crippen LogP contribution in [0.25, 0.3) is 0 Å². The van der Waals surface area contributed by atoms with E-state index in [1.54, 1.807) is 6.07 Å². The minimum Gasteiger partial charge on any atom is -0.374 e. The maximum atomic E-state index is 9.69. The Morgan fingerprint density at radius 3 is 2.72 bits per heavy atom. The van der Waals surface area contributed by atoms with Crippen molar-refractivity contribution in [1.82, 2.24) is 4.98 Å². The van der Waals surface area contributed by atoms with E-state index in [2.05, 4.69) is 46.6 Å². The van der Waals surface area contributed by atoms with Gasteiger partial charge in [0.1, 0.15) is 16.6 Å². The summed E-state index contributed by atoms with van der Waals surface area (Å²) in [6.07, 6.45) is 0.119. The van der Waals surface area contributed by atoms with E-state index >= 15 is 0 Å². The van der Waals surface area contributed by atoms with E-state index in [1.807, 2.05) is 6.07 Å². The molecule has 18 heavy (non-hydrogen) atoms. The summed E-state index contributed by atoms with van der Waals surface area (Å²) in [5.41, 5.74) is 6.35. The number of nitrogens with two attached hydrogens (primary N) is 1. The molecule has 0 radical (unpaired) electrons. The van der Waals surface area contributed by atoms with Crippen molar-refractivity contribution in [3.8, 4) is 0 Å². The molecule has 0 spiro atoms. The molecule has 3 N–H and O–H groups in total. The van der Waals surface area contributed by atoms with Crippen LogP contribution in [0.15, 0.2) is 16.7 Å². The van der Waals surface area contributed by atoms with Gasteiger partial charge in [-0.05, 0) is 54.2 Å². The molecule has 0 saturated carbocycles. The van der Waals surface area contributed by atoms with Crippen LogP contribution in [0.2, 0.25) is 0 Å². The third-order valence-electron chi connectivity index (χ3n) is 3.52. The van der Waals surface area contributed by atoms with Crippen LogP contribution >= 0.6 is 15.9 Å². The van der Waals surface area contributed by atoms with Crippen molar-refractivity contribution in [2.24, 2.45) is 11.7 Å². The molecule has 5 heteroatoms. The zero-order valence-electron chi connectivity index (χ0n) is 11.0. The van der Waals surface area contributed by atoms with Crippen molar-refractivity contribution in [3.05, 3.63) is 22.3 Å². The lowest BCUT2D eigenvalue weighted by atomic mass is 9.97. The number of hydrogen-bond donors (Lipinski definition) is 2. The fraction of sp³-hybridized carbons (Fsp3) is 0.615. The predicted octanol–water partition coefficient (Wildman–Crippen LogP) is 2.42. The van der Waals surface area contributed by atoms with Crippen LogP contribution in [0.3, 0.4) is 0 Å². The van der Waals surface area contributed by atoms with Gasteiger partial charge in [-0.2, -0.15) is 0 Å². The normalized spacial score (nSPS) is 24.3. The van der Waals surface area contributed by atoms with Crippen LogP contribution in [0.5, 0.6) is 0 Å². The van der Waals surface area contributed by atoms with Gasteiger partial charge >= 0.3 is 0 Å². The van der Waals surface area contributed by atoms with Gasteiger partial charge in [0.15, 0.2) is 0 Å². The van der Waals surface area contributed by atoms with E-state index < -0.39 is 6.23 Å². The highest BCUT2D eigenvalue weighted by molar-refractivity contribution is 9.10. The van der Waals surface area contributed by atoms with Gasteiger partial charge in [-0.15, -0.1) is 0 Å². The molecule has 1 fully saturated rings. The molecule has 2 rings (SSSR count). The van der Waals surface area contributed by atoms with E-state index in [4.69, 9.17) is 5.73 Å². The average Bonchev–Trinajstić information content (AvgIpc) is 2.51. The zero-order valence-corrected chi connectivity index (χ0v) is 12.6. The Morgan fingerprint density at radius 2 is 2.22 bits per heavy atom. The van der Waals surface area contributed by atoms with Gasteiger partial charge in [-0.3, -0.25) is 0 Å². The summed E-state index contributed by atoms with van der Waals surface area (Å²) in [5, 5.41) is 9.69. The summed E-state index contributed by atoms with van der Waals surface area (Å²) in [7, 11) is 0. The van der Waals surface area contributed by atoms with Crippen molar-refractivity contribution in [3.63, 3.8) is 0 Å². The number of hydrogen-bond acceptors (Lipinski definition) is 4. The molecular formula is C13H20BrN3O. The Hall–Kier alpha value is -0.650. The van der Waals surface area contributed by atoms with Gasteiger partial charge < -0.3 is 15.7 Å². The highest BCUT2D eigenvalue weighted by Gasteiger charge is 2.38. The molecule has 1 unspecified atom stereocenters. The van der Waals surface area contributed by atoms with Gasteiger partial charge in [-0.25, -0.2) is 4.98 Å². The molecule has 1 aliphatic rings. The molecule has 2 atom stereocenters. The van der Waals surface area contributed by atoms with Crippen LogP contribution in [-0.2, 0) is 0 Å². The van der Waals surface area contributed by atoms with E-state index in [1.165, 1.54) is 0 Å². The predicted molar refractivity (Wildman–Crippen MR) is 76.3 cm³/mol. The topological polar surface area (TPSA) is 62.4 Å². The van der Waals surface area contributed by atoms with Crippen molar-refractivity contribution >= 4 is 21.7 Å².